The van der Waals surface area contributed by atoms with E-state index in [1.165, 1.54) is 12.3 Å². The van der Waals surface area contributed by atoms with Gasteiger partial charge in [-0.1, -0.05) is 12.1 Å². The van der Waals surface area contributed by atoms with Crippen LogP contribution in [0.5, 0.6) is 5.75 Å². The van der Waals surface area contributed by atoms with E-state index in [-0.39, 0.29) is 6.61 Å². The number of methoxy groups -OCH3 is 1. The number of aromatic amines is 1. The van der Waals surface area contributed by atoms with Crippen molar-refractivity contribution in [1.29, 1.82) is 0 Å². The monoisotopic (exact) mass is 362 g/mol. The molecule has 0 bridgehead atoms. The maximum Gasteiger partial charge on any atom is 0.330 e. The van der Waals surface area contributed by atoms with Gasteiger partial charge >= 0.3 is 5.69 Å². The highest BCUT2D eigenvalue weighted by Crippen LogP contribution is 2.38. The summed E-state index contributed by atoms with van der Waals surface area (Å²) in [6.45, 7) is 0.143. The first kappa shape index (κ1) is 17.0. The lowest BCUT2D eigenvalue weighted by Crippen LogP contribution is -2.51. The fourth-order valence-electron chi connectivity index (χ4n) is 3.18. The molecule has 5 atom stereocenters. The Hall–Kier alpha value is -2.46. The van der Waals surface area contributed by atoms with Gasteiger partial charge in [-0.2, -0.15) is 0 Å². The second kappa shape index (κ2) is 6.69. The maximum absolute atomic E-state index is 12.0. The second-order valence-electron chi connectivity index (χ2n) is 6.11. The summed E-state index contributed by atoms with van der Waals surface area (Å²) in [7, 11) is 1.58. The van der Waals surface area contributed by atoms with Crippen LogP contribution in [-0.2, 0) is 14.2 Å². The summed E-state index contributed by atoms with van der Waals surface area (Å²) in [4.78, 5) is 25.3. The number of aliphatic hydroxyl groups is 1. The molecule has 2 aromatic rings. The number of nitrogens with one attached hydrogen (secondary N) is 1. The van der Waals surface area contributed by atoms with Crippen LogP contribution in [-0.4, -0.2) is 46.7 Å². The zero-order valence-corrected chi connectivity index (χ0v) is 13.9. The highest BCUT2D eigenvalue weighted by molar-refractivity contribution is 5.28. The van der Waals surface area contributed by atoms with E-state index >= 15 is 0 Å². The maximum atomic E-state index is 12.0. The third kappa shape index (κ3) is 2.95. The molecule has 2 N–H and O–H groups in total. The molecule has 0 saturated carbocycles. The number of hydrogen-bond acceptors (Lipinski definition) is 7. The molecular formula is C17H18N2O7. The van der Waals surface area contributed by atoms with Crippen LogP contribution in [0.4, 0.5) is 0 Å². The van der Waals surface area contributed by atoms with Gasteiger partial charge in [0.1, 0.15) is 24.1 Å². The van der Waals surface area contributed by atoms with E-state index in [1.807, 2.05) is 12.1 Å². The fraction of sp³-hybridized carbons (Fsp3) is 0.412. The number of rotatable bonds is 3. The second-order valence-corrected chi connectivity index (χ2v) is 6.11. The number of ether oxygens (including phenoxy) is 4. The van der Waals surface area contributed by atoms with Crippen LogP contribution in [0, 0.1) is 0 Å². The number of aliphatic hydroxyl groups excluding tert-OH is 1. The Balaban J connectivity index is 1.54. The zero-order chi connectivity index (χ0) is 18.3. The number of benzene rings is 1. The Labute approximate surface area is 147 Å². The van der Waals surface area contributed by atoms with Gasteiger partial charge in [0.2, 0.25) is 0 Å². The van der Waals surface area contributed by atoms with E-state index in [0.29, 0.717) is 5.75 Å². The zero-order valence-electron chi connectivity index (χ0n) is 13.9. The van der Waals surface area contributed by atoms with Crippen molar-refractivity contribution >= 4 is 0 Å². The summed E-state index contributed by atoms with van der Waals surface area (Å²) < 4.78 is 23.6. The molecule has 0 spiro atoms. The minimum atomic E-state index is -1.14. The Bertz CT molecular complexity index is 891. The highest BCUT2D eigenvalue weighted by atomic mass is 16.7. The number of hydrogen-bond donors (Lipinski definition) is 2. The first-order valence-corrected chi connectivity index (χ1v) is 8.13. The molecule has 1 aromatic heterocycles. The van der Waals surface area contributed by atoms with Gasteiger partial charge < -0.3 is 24.1 Å². The van der Waals surface area contributed by atoms with Crippen molar-refractivity contribution < 1.29 is 24.1 Å². The highest BCUT2D eigenvalue weighted by Gasteiger charge is 2.48. The minimum absolute atomic E-state index is 0.143. The van der Waals surface area contributed by atoms with Crippen LogP contribution in [0.25, 0.3) is 0 Å². The molecular weight excluding hydrogens is 344 g/mol. The average molecular weight is 362 g/mol. The number of aromatic nitrogens is 2. The van der Waals surface area contributed by atoms with Gasteiger partial charge in [-0.05, 0) is 12.1 Å². The predicted molar refractivity (Wildman–Crippen MR) is 87.8 cm³/mol. The molecule has 9 nitrogen and oxygen atoms in total. The summed E-state index contributed by atoms with van der Waals surface area (Å²) in [5.41, 5.74) is -0.398. The fourth-order valence-corrected chi connectivity index (χ4v) is 3.18. The molecule has 0 radical (unpaired) electrons. The van der Waals surface area contributed by atoms with Gasteiger partial charge in [0.05, 0.1) is 13.7 Å². The van der Waals surface area contributed by atoms with Crippen molar-refractivity contribution in [3.8, 4) is 5.75 Å². The molecule has 2 fully saturated rings. The van der Waals surface area contributed by atoms with Gasteiger partial charge in [-0.15, -0.1) is 0 Å². The van der Waals surface area contributed by atoms with Crippen molar-refractivity contribution in [2.45, 2.75) is 30.8 Å². The molecule has 26 heavy (non-hydrogen) atoms. The molecule has 0 unspecified atom stereocenters. The molecule has 138 valence electrons. The van der Waals surface area contributed by atoms with Crippen LogP contribution in [0.3, 0.4) is 0 Å². The Morgan fingerprint density at radius 1 is 1.19 bits per heavy atom. The lowest BCUT2D eigenvalue weighted by atomic mass is 10.0. The molecule has 2 aliphatic heterocycles. The lowest BCUT2D eigenvalue weighted by molar-refractivity contribution is -0.180. The van der Waals surface area contributed by atoms with Crippen LogP contribution >= 0.6 is 0 Å². The van der Waals surface area contributed by atoms with Gasteiger partial charge in [-0.3, -0.25) is 14.3 Å². The van der Waals surface area contributed by atoms with Crippen molar-refractivity contribution in [2.24, 2.45) is 0 Å². The van der Waals surface area contributed by atoms with E-state index in [1.54, 1.807) is 19.2 Å². The van der Waals surface area contributed by atoms with Crippen molar-refractivity contribution in [2.75, 3.05) is 13.7 Å². The molecule has 0 amide bonds. The Morgan fingerprint density at radius 2 is 1.96 bits per heavy atom. The normalized spacial score (nSPS) is 30.8. The largest absolute Gasteiger partial charge is 0.497 e. The Kier molecular flexibility index (Phi) is 4.37. The van der Waals surface area contributed by atoms with Crippen molar-refractivity contribution in [3.63, 3.8) is 0 Å². The lowest BCUT2D eigenvalue weighted by Gasteiger charge is -2.35. The molecule has 2 aliphatic rings. The summed E-state index contributed by atoms with van der Waals surface area (Å²) in [6.07, 6.45) is -2.61. The van der Waals surface area contributed by atoms with Crippen LogP contribution in [0.15, 0.2) is 46.1 Å². The number of nitrogens with zero attached hydrogens (tertiary/aromatic N) is 1. The minimum Gasteiger partial charge on any atom is -0.497 e. The topological polar surface area (TPSA) is 112 Å². The standard InChI is InChI=1S/C17H18N2O7/c1-23-10-4-2-9(3-5-10)16-25-11-8-24-15(13(21)14(11)26-16)19-7-6-12(20)18-17(19)22/h2-7,11,13-16,21H,8H2,1H3,(H,18,20,22)/t11-,13-,14-,15-,16-/m1/s1. The SMILES string of the molecule is COc1ccc([C@H]2O[C@H]3[C@@H](O)[C@H](n4ccc(=O)[nH]c4=O)OC[C@H]3O2)cc1. The molecule has 9 heteroatoms. The van der Waals surface area contributed by atoms with Crippen LogP contribution in [0.2, 0.25) is 0 Å². The van der Waals surface area contributed by atoms with Crippen LogP contribution in [0.1, 0.15) is 18.1 Å². The first-order valence-electron chi connectivity index (χ1n) is 8.13. The van der Waals surface area contributed by atoms with E-state index in [2.05, 4.69) is 4.98 Å². The smallest absolute Gasteiger partial charge is 0.330 e. The third-order valence-electron chi connectivity index (χ3n) is 4.52. The molecule has 3 heterocycles. The van der Waals surface area contributed by atoms with Crippen molar-refractivity contribution in [1.82, 2.24) is 9.55 Å². The molecule has 4 rings (SSSR count). The van der Waals surface area contributed by atoms with Gasteiger partial charge in [-0.25, -0.2) is 4.79 Å². The first-order chi connectivity index (χ1) is 12.6. The number of H-pyrrole nitrogens is 1. The summed E-state index contributed by atoms with van der Waals surface area (Å²) >= 11 is 0. The molecule has 0 aliphatic carbocycles. The summed E-state index contributed by atoms with van der Waals surface area (Å²) in [5, 5.41) is 10.6. The van der Waals surface area contributed by atoms with Gasteiger partial charge in [0.25, 0.3) is 5.56 Å². The third-order valence-corrected chi connectivity index (χ3v) is 4.52. The molecule has 2 saturated heterocycles. The predicted octanol–water partition coefficient (Wildman–Crippen LogP) is -0.0823. The van der Waals surface area contributed by atoms with Crippen molar-refractivity contribution in [3.05, 3.63) is 62.9 Å². The van der Waals surface area contributed by atoms with Gasteiger partial charge in [0.15, 0.2) is 12.5 Å². The van der Waals surface area contributed by atoms with Crippen LogP contribution < -0.4 is 16.0 Å². The van der Waals surface area contributed by atoms with E-state index in [0.717, 1.165) is 10.1 Å². The summed E-state index contributed by atoms with van der Waals surface area (Å²) in [5.74, 6) is 0.713. The number of fused-ring (bicyclic) bond motifs is 1. The molecule has 1 aromatic carbocycles. The van der Waals surface area contributed by atoms with E-state index in [9.17, 15) is 14.7 Å². The average Bonchev–Trinajstić information content (AvgIpc) is 3.08. The van der Waals surface area contributed by atoms with Gasteiger partial charge in [0, 0.05) is 17.8 Å². The van der Waals surface area contributed by atoms with E-state index in [4.69, 9.17) is 18.9 Å². The quantitative estimate of drug-likeness (QED) is 0.785. The Morgan fingerprint density at radius 3 is 2.65 bits per heavy atom. The van der Waals surface area contributed by atoms with E-state index < -0.39 is 42.1 Å². The summed E-state index contributed by atoms with van der Waals surface area (Å²) in [6, 6.07) is 8.41.